The summed E-state index contributed by atoms with van der Waals surface area (Å²) in [7, 11) is 0. The third-order valence-corrected chi connectivity index (χ3v) is 2.89. The van der Waals surface area contributed by atoms with Gasteiger partial charge in [-0.1, -0.05) is 0 Å². The fourth-order valence-electron chi connectivity index (χ4n) is 1.65. The molecule has 2 aromatic heterocycles. The highest BCUT2D eigenvalue weighted by Crippen LogP contribution is 2.29. The number of nitrogens with zero attached hydrogens (tertiary/aromatic N) is 4. The average Bonchev–Trinajstić information content (AvgIpc) is 2.55. The quantitative estimate of drug-likeness (QED) is 0.863. The highest BCUT2D eigenvalue weighted by molar-refractivity contribution is 5.36. The Labute approximate surface area is 107 Å². The van der Waals surface area contributed by atoms with E-state index in [0.29, 0.717) is 5.69 Å². The number of aryl methyl sites for hydroxylation is 1. The van der Waals surface area contributed by atoms with Crippen LogP contribution in [0.5, 0.6) is 0 Å². The summed E-state index contributed by atoms with van der Waals surface area (Å²) in [5.41, 5.74) is 6.57. The Kier molecular flexibility index (Phi) is 2.95. The second-order valence-corrected chi connectivity index (χ2v) is 4.17. The molecule has 0 unspecified atom stereocenters. The van der Waals surface area contributed by atoms with Crippen molar-refractivity contribution >= 4 is 5.95 Å². The molecule has 0 fully saturated rings. The lowest BCUT2D eigenvalue weighted by atomic mass is 10.2. The Morgan fingerprint density at radius 2 is 1.79 bits per heavy atom. The number of alkyl halides is 3. The van der Waals surface area contributed by atoms with E-state index in [2.05, 4.69) is 15.1 Å². The van der Waals surface area contributed by atoms with E-state index >= 15 is 0 Å². The lowest BCUT2D eigenvalue weighted by Crippen LogP contribution is -2.14. The summed E-state index contributed by atoms with van der Waals surface area (Å²) in [5, 5.41) is 4.15. The first kappa shape index (κ1) is 13.3. The van der Waals surface area contributed by atoms with E-state index in [9.17, 15) is 13.2 Å². The van der Waals surface area contributed by atoms with Crippen LogP contribution in [0.2, 0.25) is 0 Å². The maximum absolute atomic E-state index is 12.7. The number of nitrogens with two attached hydrogens (primary N) is 1. The molecular formula is C11H12F3N5. The van der Waals surface area contributed by atoms with E-state index in [1.807, 2.05) is 6.92 Å². The van der Waals surface area contributed by atoms with E-state index in [1.165, 1.54) is 4.68 Å². The molecule has 0 spiro atoms. The first-order valence-corrected chi connectivity index (χ1v) is 5.45. The maximum Gasteiger partial charge on any atom is 0.433 e. The number of aromatic nitrogens is 4. The van der Waals surface area contributed by atoms with Crippen LogP contribution in [0.1, 0.15) is 22.6 Å². The summed E-state index contributed by atoms with van der Waals surface area (Å²) in [6.45, 7) is 5.36. The van der Waals surface area contributed by atoms with E-state index < -0.39 is 17.8 Å². The second-order valence-electron chi connectivity index (χ2n) is 4.17. The monoisotopic (exact) mass is 271 g/mol. The van der Waals surface area contributed by atoms with Crippen LogP contribution in [0.25, 0.3) is 5.82 Å². The summed E-state index contributed by atoms with van der Waals surface area (Å²) in [4.78, 5) is 6.99. The predicted molar refractivity (Wildman–Crippen MR) is 62.8 cm³/mol. The van der Waals surface area contributed by atoms with Crippen LogP contribution >= 0.6 is 0 Å². The second kappa shape index (κ2) is 4.22. The van der Waals surface area contributed by atoms with Crippen molar-refractivity contribution in [2.45, 2.75) is 26.9 Å². The molecule has 2 rings (SSSR count). The molecule has 0 radical (unpaired) electrons. The summed E-state index contributed by atoms with van der Waals surface area (Å²) in [6.07, 6.45) is -4.57. The molecule has 0 aliphatic rings. The van der Waals surface area contributed by atoms with E-state index in [4.69, 9.17) is 5.73 Å². The van der Waals surface area contributed by atoms with Gasteiger partial charge in [0.1, 0.15) is 0 Å². The topological polar surface area (TPSA) is 69.6 Å². The van der Waals surface area contributed by atoms with Gasteiger partial charge in [-0.25, -0.2) is 9.67 Å². The molecular weight excluding hydrogens is 259 g/mol. The van der Waals surface area contributed by atoms with Crippen molar-refractivity contribution in [1.29, 1.82) is 0 Å². The lowest BCUT2D eigenvalue weighted by Gasteiger charge is -2.09. The van der Waals surface area contributed by atoms with Crippen molar-refractivity contribution in [3.63, 3.8) is 0 Å². The van der Waals surface area contributed by atoms with Crippen LogP contribution in [0, 0.1) is 20.8 Å². The third-order valence-electron chi connectivity index (χ3n) is 2.89. The first-order chi connectivity index (χ1) is 8.70. The number of nitrogen functional groups attached to an aromatic ring is 1. The zero-order valence-corrected chi connectivity index (χ0v) is 10.6. The molecule has 0 aromatic carbocycles. The Bertz CT molecular complexity index is 630. The highest BCUT2D eigenvalue weighted by atomic mass is 19.4. The molecule has 0 saturated heterocycles. The number of rotatable bonds is 1. The summed E-state index contributed by atoms with van der Waals surface area (Å²) in [5.74, 6) is -0.427. The number of anilines is 1. The number of hydrogen-bond acceptors (Lipinski definition) is 4. The fourth-order valence-corrected chi connectivity index (χ4v) is 1.65. The van der Waals surface area contributed by atoms with Gasteiger partial charge in [-0.05, 0) is 26.3 Å². The van der Waals surface area contributed by atoms with Gasteiger partial charge in [-0.3, -0.25) is 0 Å². The van der Waals surface area contributed by atoms with Gasteiger partial charge in [0.25, 0.3) is 0 Å². The average molecular weight is 271 g/mol. The summed E-state index contributed by atoms with van der Waals surface area (Å²) >= 11 is 0. The zero-order chi connectivity index (χ0) is 14.4. The minimum Gasteiger partial charge on any atom is -0.368 e. The molecule has 102 valence electrons. The third kappa shape index (κ3) is 2.38. The van der Waals surface area contributed by atoms with Crippen LogP contribution in [0.3, 0.4) is 0 Å². The minimum atomic E-state index is -4.57. The highest BCUT2D eigenvalue weighted by Gasteiger charge is 2.34. The van der Waals surface area contributed by atoms with Crippen molar-refractivity contribution in [3.05, 3.63) is 28.7 Å². The van der Waals surface area contributed by atoms with Crippen molar-refractivity contribution in [1.82, 2.24) is 19.7 Å². The molecule has 0 aliphatic carbocycles. The SMILES string of the molecule is Cc1nn(-c2cc(C(F)(F)F)nc(N)n2)c(C)c1C. The van der Waals surface area contributed by atoms with E-state index in [-0.39, 0.29) is 5.82 Å². The van der Waals surface area contributed by atoms with Crippen LogP contribution in [0.15, 0.2) is 6.07 Å². The molecule has 8 heteroatoms. The fraction of sp³-hybridized carbons (Fsp3) is 0.364. The maximum atomic E-state index is 12.7. The summed E-state index contributed by atoms with van der Waals surface area (Å²) in [6, 6.07) is 0.829. The van der Waals surface area contributed by atoms with Crippen LogP contribution in [-0.2, 0) is 6.18 Å². The smallest absolute Gasteiger partial charge is 0.368 e. The number of hydrogen-bond donors (Lipinski definition) is 1. The molecule has 0 amide bonds. The molecule has 19 heavy (non-hydrogen) atoms. The standard InChI is InChI=1S/C11H12F3N5/c1-5-6(2)18-19(7(5)3)9-4-8(11(12,13)14)16-10(15)17-9/h4H,1-3H3,(H2,15,16,17). The molecule has 2 aromatic rings. The van der Waals surface area contributed by atoms with Gasteiger partial charge < -0.3 is 5.73 Å². The first-order valence-electron chi connectivity index (χ1n) is 5.45. The van der Waals surface area contributed by atoms with Gasteiger partial charge in [0.2, 0.25) is 5.95 Å². The predicted octanol–water partition coefficient (Wildman–Crippen LogP) is 2.19. The van der Waals surface area contributed by atoms with Crippen molar-refractivity contribution < 1.29 is 13.2 Å². The molecule has 0 aliphatic heterocycles. The van der Waals surface area contributed by atoms with E-state index in [0.717, 1.165) is 17.3 Å². The Morgan fingerprint density at radius 1 is 1.16 bits per heavy atom. The molecule has 0 atom stereocenters. The molecule has 0 bridgehead atoms. The van der Waals surface area contributed by atoms with Crippen LogP contribution in [0.4, 0.5) is 19.1 Å². The Hall–Kier alpha value is -2.12. The van der Waals surface area contributed by atoms with Crippen LogP contribution in [-0.4, -0.2) is 19.7 Å². The van der Waals surface area contributed by atoms with Gasteiger partial charge in [-0.2, -0.15) is 23.3 Å². The lowest BCUT2D eigenvalue weighted by molar-refractivity contribution is -0.141. The van der Waals surface area contributed by atoms with Crippen molar-refractivity contribution in [2.24, 2.45) is 0 Å². The molecule has 0 saturated carbocycles. The van der Waals surface area contributed by atoms with E-state index in [1.54, 1.807) is 13.8 Å². The zero-order valence-electron chi connectivity index (χ0n) is 10.6. The van der Waals surface area contributed by atoms with Gasteiger partial charge in [-0.15, -0.1) is 0 Å². The number of halogens is 3. The van der Waals surface area contributed by atoms with Gasteiger partial charge in [0.05, 0.1) is 5.69 Å². The van der Waals surface area contributed by atoms with Crippen molar-refractivity contribution in [3.8, 4) is 5.82 Å². The summed E-state index contributed by atoms with van der Waals surface area (Å²) < 4.78 is 39.4. The Balaban J connectivity index is 2.63. The largest absolute Gasteiger partial charge is 0.433 e. The molecule has 2 N–H and O–H groups in total. The Morgan fingerprint density at radius 3 is 2.26 bits per heavy atom. The van der Waals surface area contributed by atoms with Crippen molar-refractivity contribution in [2.75, 3.05) is 5.73 Å². The minimum absolute atomic E-state index is 0.00789. The van der Waals surface area contributed by atoms with Gasteiger partial charge >= 0.3 is 6.18 Å². The van der Waals surface area contributed by atoms with Crippen LogP contribution < -0.4 is 5.73 Å². The normalized spacial score (nSPS) is 11.9. The van der Waals surface area contributed by atoms with Gasteiger partial charge in [0, 0.05) is 11.8 Å². The molecule has 2 heterocycles. The molecule has 5 nitrogen and oxygen atoms in total. The van der Waals surface area contributed by atoms with Gasteiger partial charge in [0.15, 0.2) is 11.5 Å².